The standard InChI is InChI=1S/C23H27FN2O6S/c1-14(19-11-18(30-3)9-10-20(19)31-4)25-21(27)12-32-23(29)15(2)33-13-22(28)26-17-7-5-16(24)6-8-17/h5-11,14-15H,12-13H2,1-4H3,(H,25,27)(H,26,28). The molecular formula is C23H27FN2O6S. The van der Waals surface area contributed by atoms with E-state index >= 15 is 0 Å². The monoisotopic (exact) mass is 478 g/mol. The number of ether oxygens (including phenoxy) is 3. The number of benzene rings is 2. The van der Waals surface area contributed by atoms with Crippen LogP contribution >= 0.6 is 11.8 Å². The van der Waals surface area contributed by atoms with E-state index in [2.05, 4.69) is 10.6 Å². The molecule has 8 nitrogen and oxygen atoms in total. The average molecular weight is 479 g/mol. The minimum absolute atomic E-state index is 0.00743. The van der Waals surface area contributed by atoms with Crippen molar-refractivity contribution in [1.82, 2.24) is 5.32 Å². The predicted molar refractivity (Wildman–Crippen MR) is 124 cm³/mol. The molecule has 2 unspecified atom stereocenters. The summed E-state index contributed by atoms with van der Waals surface area (Å²) in [5, 5.41) is 4.70. The maximum absolute atomic E-state index is 12.9. The lowest BCUT2D eigenvalue weighted by Crippen LogP contribution is -2.32. The Kier molecular flexibility index (Phi) is 9.99. The van der Waals surface area contributed by atoms with Crippen LogP contribution in [0, 0.1) is 5.82 Å². The highest BCUT2D eigenvalue weighted by molar-refractivity contribution is 8.01. The normalized spacial score (nSPS) is 12.3. The van der Waals surface area contributed by atoms with Gasteiger partial charge in [-0.25, -0.2) is 4.39 Å². The number of nitrogens with one attached hydrogen (secondary N) is 2. The number of hydrogen-bond donors (Lipinski definition) is 2. The van der Waals surface area contributed by atoms with E-state index in [9.17, 15) is 18.8 Å². The number of amides is 2. The van der Waals surface area contributed by atoms with Crippen molar-refractivity contribution in [3.8, 4) is 11.5 Å². The largest absolute Gasteiger partial charge is 0.497 e. The van der Waals surface area contributed by atoms with Gasteiger partial charge in [0.25, 0.3) is 5.91 Å². The fraction of sp³-hybridized carbons (Fsp3) is 0.348. The molecule has 2 aromatic rings. The lowest BCUT2D eigenvalue weighted by Gasteiger charge is -2.18. The predicted octanol–water partition coefficient (Wildman–Crippen LogP) is 3.32. The topological polar surface area (TPSA) is 103 Å². The molecule has 178 valence electrons. The number of anilines is 1. The van der Waals surface area contributed by atoms with Gasteiger partial charge in [-0.15, -0.1) is 11.8 Å². The van der Waals surface area contributed by atoms with E-state index in [0.717, 1.165) is 11.8 Å². The van der Waals surface area contributed by atoms with Crippen LogP contribution in [0.5, 0.6) is 11.5 Å². The first-order chi connectivity index (χ1) is 15.7. The van der Waals surface area contributed by atoms with E-state index in [0.29, 0.717) is 22.7 Å². The Hall–Kier alpha value is -3.27. The molecule has 0 saturated carbocycles. The number of hydrogen-bond acceptors (Lipinski definition) is 7. The smallest absolute Gasteiger partial charge is 0.319 e. The lowest BCUT2D eigenvalue weighted by atomic mass is 10.1. The molecule has 2 aromatic carbocycles. The minimum Gasteiger partial charge on any atom is -0.497 e. The number of halogens is 1. The Labute approximate surface area is 196 Å². The van der Waals surface area contributed by atoms with E-state index in [1.165, 1.54) is 31.4 Å². The summed E-state index contributed by atoms with van der Waals surface area (Å²) in [5.41, 5.74) is 1.17. The van der Waals surface area contributed by atoms with Crippen LogP contribution in [-0.4, -0.2) is 49.6 Å². The van der Waals surface area contributed by atoms with E-state index in [1.807, 2.05) is 0 Å². The van der Waals surface area contributed by atoms with E-state index in [-0.39, 0.29) is 11.7 Å². The van der Waals surface area contributed by atoms with Gasteiger partial charge in [0.1, 0.15) is 22.6 Å². The van der Waals surface area contributed by atoms with Crippen molar-refractivity contribution in [3.05, 3.63) is 53.8 Å². The molecule has 10 heteroatoms. The van der Waals surface area contributed by atoms with Gasteiger partial charge in [-0.05, 0) is 56.3 Å². The van der Waals surface area contributed by atoms with Gasteiger partial charge in [0.2, 0.25) is 5.91 Å². The number of methoxy groups -OCH3 is 2. The van der Waals surface area contributed by atoms with E-state index in [1.54, 1.807) is 39.2 Å². The number of rotatable bonds is 11. The van der Waals surface area contributed by atoms with Crippen molar-refractivity contribution >= 4 is 35.2 Å². The van der Waals surface area contributed by atoms with Gasteiger partial charge in [-0.3, -0.25) is 14.4 Å². The zero-order valence-electron chi connectivity index (χ0n) is 18.8. The SMILES string of the molecule is COc1ccc(OC)c(C(C)NC(=O)COC(=O)C(C)SCC(=O)Nc2ccc(F)cc2)c1. The first-order valence-corrected chi connectivity index (χ1v) is 11.1. The summed E-state index contributed by atoms with van der Waals surface area (Å²) < 4.78 is 28.5. The van der Waals surface area contributed by atoms with Gasteiger partial charge in [0.15, 0.2) is 6.61 Å². The van der Waals surface area contributed by atoms with Gasteiger partial charge in [-0.1, -0.05) is 0 Å². The maximum Gasteiger partial charge on any atom is 0.319 e. The van der Waals surface area contributed by atoms with Gasteiger partial charge in [0.05, 0.1) is 26.0 Å². The van der Waals surface area contributed by atoms with Gasteiger partial charge in [-0.2, -0.15) is 0 Å². The van der Waals surface area contributed by atoms with Crippen LogP contribution in [0.1, 0.15) is 25.5 Å². The number of thioether (sulfide) groups is 1. The third kappa shape index (κ3) is 8.30. The first-order valence-electron chi connectivity index (χ1n) is 10.1. The van der Waals surface area contributed by atoms with Crippen molar-refractivity contribution in [2.75, 3.05) is 31.9 Å². The minimum atomic E-state index is -0.660. The Morgan fingerprint density at radius 1 is 1.00 bits per heavy atom. The highest BCUT2D eigenvalue weighted by atomic mass is 32.2. The van der Waals surface area contributed by atoms with Crippen LogP contribution in [0.3, 0.4) is 0 Å². The molecule has 2 rings (SSSR count). The fourth-order valence-electron chi connectivity index (χ4n) is 2.79. The average Bonchev–Trinajstić information content (AvgIpc) is 2.81. The zero-order chi connectivity index (χ0) is 24.4. The van der Waals surface area contributed by atoms with Gasteiger partial charge in [0, 0.05) is 11.3 Å². The van der Waals surface area contributed by atoms with Crippen molar-refractivity contribution in [3.63, 3.8) is 0 Å². The Morgan fingerprint density at radius 2 is 1.70 bits per heavy atom. The molecule has 0 aliphatic heterocycles. The third-order valence-corrected chi connectivity index (χ3v) is 5.67. The van der Waals surface area contributed by atoms with Crippen molar-refractivity contribution < 1.29 is 33.0 Å². The second-order valence-corrected chi connectivity index (χ2v) is 8.34. The molecule has 0 aliphatic carbocycles. The Balaban J connectivity index is 1.77. The van der Waals surface area contributed by atoms with Crippen molar-refractivity contribution in [2.45, 2.75) is 25.1 Å². The third-order valence-electron chi connectivity index (χ3n) is 4.55. The highest BCUT2D eigenvalue weighted by Gasteiger charge is 2.20. The van der Waals surface area contributed by atoms with Crippen LogP contribution in [0.2, 0.25) is 0 Å². The fourth-order valence-corrected chi connectivity index (χ4v) is 3.47. The first kappa shape index (κ1) is 26.0. The maximum atomic E-state index is 12.9. The lowest BCUT2D eigenvalue weighted by molar-refractivity contribution is -0.147. The van der Waals surface area contributed by atoms with E-state index in [4.69, 9.17) is 14.2 Å². The summed E-state index contributed by atoms with van der Waals surface area (Å²) >= 11 is 1.06. The van der Waals surface area contributed by atoms with Gasteiger partial charge >= 0.3 is 5.97 Å². The molecule has 0 bridgehead atoms. The van der Waals surface area contributed by atoms with Crippen molar-refractivity contribution in [1.29, 1.82) is 0 Å². The van der Waals surface area contributed by atoms with Crippen LogP contribution < -0.4 is 20.1 Å². The number of esters is 1. The van der Waals surface area contributed by atoms with Crippen LogP contribution in [0.4, 0.5) is 10.1 Å². The molecule has 2 atom stereocenters. The molecule has 2 amide bonds. The van der Waals surface area contributed by atoms with Crippen LogP contribution in [-0.2, 0) is 19.1 Å². The van der Waals surface area contributed by atoms with E-state index < -0.39 is 35.6 Å². The molecule has 0 heterocycles. The Bertz CT molecular complexity index is 970. The zero-order valence-corrected chi connectivity index (χ0v) is 19.7. The Morgan fingerprint density at radius 3 is 2.33 bits per heavy atom. The summed E-state index contributed by atoms with van der Waals surface area (Å²) in [4.78, 5) is 36.4. The molecule has 0 aliphatic rings. The molecule has 2 N–H and O–H groups in total. The molecule has 0 spiro atoms. The number of carbonyl (C=O) groups excluding carboxylic acids is 3. The van der Waals surface area contributed by atoms with Crippen LogP contribution in [0.15, 0.2) is 42.5 Å². The molecule has 0 fully saturated rings. The quantitative estimate of drug-likeness (QED) is 0.478. The summed E-state index contributed by atoms with van der Waals surface area (Å²) in [6, 6.07) is 10.2. The van der Waals surface area contributed by atoms with Gasteiger partial charge < -0.3 is 24.8 Å². The summed E-state index contributed by atoms with van der Waals surface area (Å²) in [6.45, 7) is 2.90. The second kappa shape index (κ2) is 12.7. The van der Waals surface area contributed by atoms with Crippen LogP contribution in [0.25, 0.3) is 0 Å². The molecule has 0 radical (unpaired) electrons. The molecule has 0 aromatic heterocycles. The number of carbonyl (C=O) groups is 3. The summed E-state index contributed by atoms with van der Waals surface area (Å²) in [7, 11) is 3.07. The molecular weight excluding hydrogens is 451 g/mol. The molecule has 0 saturated heterocycles. The summed E-state index contributed by atoms with van der Waals surface area (Å²) in [6.07, 6.45) is 0. The molecule has 33 heavy (non-hydrogen) atoms. The highest BCUT2D eigenvalue weighted by Crippen LogP contribution is 2.29. The summed E-state index contributed by atoms with van der Waals surface area (Å²) in [5.74, 6) is -0.641. The second-order valence-electron chi connectivity index (χ2n) is 7.01. The van der Waals surface area contributed by atoms with Crippen molar-refractivity contribution in [2.24, 2.45) is 0 Å².